The van der Waals surface area contributed by atoms with Gasteiger partial charge in [-0.15, -0.1) is 0 Å². The molecule has 3 aromatic carbocycles. The maximum absolute atomic E-state index is 13.1. The number of hydrogen-bond acceptors (Lipinski definition) is 5. The molecule has 5 rings (SSSR count). The summed E-state index contributed by atoms with van der Waals surface area (Å²) in [6.45, 7) is 3.83. The van der Waals surface area contributed by atoms with Crippen LogP contribution in [0.3, 0.4) is 0 Å². The van der Waals surface area contributed by atoms with E-state index in [4.69, 9.17) is 9.47 Å². The Morgan fingerprint density at radius 1 is 0.844 bits per heavy atom. The van der Waals surface area contributed by atoms with Gasteiger partial charge in [0.25, 0.3) is 5.91 Å². The van der Waals surface area contributed by atoms with E-state index in [1.807, 2.05) is 59.5 Å². The number of ether oxygens (including phenoxy) is 2. The Kier molecular flexibility index (Phi) is 5.64. The van der Waals surface area contributed by atoms with Gasteiger partial charge in [-0.3, -0.25) is 14.5 Å². The van der Waals surface area contributed by atoms with Crippen LogP contribution < -0.4 is 14.8 Å². The number of piperazine rings is 1. The average Bonchev–Trinajstić information content (AvgIpc) is 2.83. The molecule has 2 aliphatic heterocycles. The first kappa shape index (κ1) is 20.3. The summed E-state index contributed by atoms with van der Waals surface area (Å²) in [4.78, 5) is 29.6. The number of nitrogens with zero attached hydrogens (tertiary/aromatic N) is 2. The Labute approximate surface area is 186 Å². The summed E-state index contributed by atoms with van der Waals surface area (Å²) < 4.78 is 11.1. The van der Waals surface area contributed by atoms with Gasteiger partial charge in [0.1, 0.15) is 13.2 Å². The monoisotopic (exact) mass is 431 g/mol. The van der Waals surface area contributed by atoms with Gasteiger partial charge in [0, 0.05) is 43.5 Å². The minimum Gasteiger partial charge on any atom is -0.486 e. The van der Waals surface area contributed by atoms with E-state index in [9.17, 15) is 9.59 Å². The van der Waals surface area contributed by atoms with Crippen molar-refractivity contribution in [1.29, 1.82) is 0 Å². The third kappa shape index (κ3) is 4.24. The zero-order valence-corrected chi connectivity index (χ0v) is 17.8. The molecule has 0 bridgehead atoms. The summed E-state index contributed by atoms with van der Waals surface area (Å²) >= 11 is 0. The summed E-state index contributed by atoms with van der Waals surface area (Å²) in [5.74, 6) is 1.30. The highest BCUT2D eigenvalue weighted by Gasteiger charge is 2.24. The Balaban J connectivity index is 1.16. The largest absolute Gasteiger partial charge is 0.486 e. The van der Waals surface area contributed by atoms with Gasteiger partial charge >= 0.3 is 0 Å². The summed E-state index contributed by atoms with van der Waals surface area (Å²) in [5.41, 5.74) is 1.41. The average molecular weight is 431 g/mol. The van der Waals surface area contributed by atoms with Crippen LogP contribution in [-0.2, 0) is 4.79 Å². The van der Waals surface area contributed by atoms with Gasteiger partial charge in [0.2, 0.25) is 5.91 Å². The lowest BCUT2D eigenvalue weighted by molar-refractivity contribution is -0.117. The molecule has 1 fully saturated rings. The standard InChI is InChI=1S/C25H25N3O4/c29-24(26-19-8-9-22-23(16-19)32-15-14-31-22)17-27-10-12-28(13-11-27)25(30)21-7-3-5-18-4-1-2-6-20(18)21/h1-9,16H,10-15,17H2,(H,26,29). The highest BCUT2D eigenvalue weighted by molar-refractivity contribution is 6.07. The first-order valence-corrected chi connectivity index (χ1v) is 10.9. The molecular weight excluding hydrogens is 406 g/mol. The van der Waals surface area contributed by atoms with Crippen molar-refractivity contribution < 1.29 is 19.1 Å². The normalized spacial score (nSPS) is 16.1. The molecule has 1 N–H and O–H groups in total. The molecule has 7 heteroatoms. The second kappa shape index (κ2) is 8.88. The zero-order valence-electron chi connectivity index (χ0n) is 17.8. The van der Waals surface area contributed by atoms with Crippen LogP contribution in [0.1, 0.15) is 10.4 Å². The van der Waals surface area contributed by atoms with Crippen LogP contribution in [0.2, 0.25) is 0 Å². The maximum atomic E-state index is 13.1. The molecule has 2 aliphatic rings. The molecular formula is C25H25N3O4. The van der Waals surface area contributed by atoms with E-state index in [0.717, 1.165) is 16.3 Å². The SMILES string of the molecule is O=C(CN1CCN(C(=O)c2cccc3ccccc23)CC1)Nc1ccc2c(c1)OCCO2. The molecule has 0 unspecified atom stereocenters. The second-order valence-electron chi connectivity index (χ2n) is 8.00. The van der Waals surface area contributed by atoms with Crippen LogP contribution in [0.25, 0.3) is 10.8 Å². The molecule has 0 aliphatic carbocycles. The fourth-order valence-corrected chi connectivity index (χ4v) is 4.22. The zero-order chi connectivity index (χ0) is 21.9. The van der Waals surface area contributed by atoms with E-state index in [2.05, 4.69) is 10.2 Å². The van der Waals surface area contributed by atoms with E-state index in [1.54, 1.807) is 6.07 Å². The van der Waals surface area contributed by atoms with E-state index in [1.165, 1.54) is 0 Å². The third-order valence-corrected chi connectivity index (χ3v) is 5.87. The van der Waals surface area contributed by atoms with Crippen molar-refractivity contribution in [2.75, 3.05) is 51.3 Å². The summed E-state index contributed by atoms with van der Waals surface area (Å²) in [5, 5.41) is 4.96. The minimum absolute atomic E-state index is 0.0437. The van der Waals surface area contributed by atoms with E-state index < -0.39 is 0 Å². The third-order valence-electron chi connectivity index (χ3n) is 5.87. The predicted molar refractivity (Wildman–Crippen MR) is 122 cm³/mol. The predicted octanol–water partition coefficient (Wildman–Crippen LogP) is 3.01. The highest BCUT2D eigenvalue weighted by atomic mass is 16.6. The van der Waals surface area contributed by atoms with Gasteiger partial charge < -0.3 is 19.7 Å². The second-order valence-corrected chi connectivity index (χ2v) is 8.00. The van der Waals surface area contributed by atoms with Crippen molar-refractivity contribution in [3.05, 3.63) is 66.2 Å². The smallest absolute Gasteiger partial charge is 0.254 e. The topological polar surface area (TPSA) is 71.1 Å². The molecule has 1 saturated heterocycles. The highest BCUT2D eigenvalue weighted by Crippen LogP contribution is 2.32. The maximum Gasteiger partial charge on any atom is 0.254 e. The number of hydrogen-bond donors (Lipinski definition) is 1. The number of amides is 2. The molecule has 0 aromatic heterocycles. The van der Waals surface area contributed by atoms with Crippen LogP contribution >= 0.6 is 0 Å². The van der Waals surface area contributed by atoms with Crippen LogP contribution in [-0.4, -0.2) is 67.6 Å². The van der Waals surface area contributed by atoms with Crippen molar-refractivity contribution >= 4 is 28.3 Å². The molecule has 2 heterocycles. The molecule has 0 radical (unpaired) electrons. The lowest BCUT2D eigenvalue weighted by Gasteiger charge is -2.34. The van der Waals surface area contributed by atoms with E-state index >= 15 is 0 Å². The lowest BCUT2D eigenvalue weighted by Crippen LogP contribution is -2.50. The van der Waals surface area contributed by atoms with E-state index in [0.29, 0.717) is 56.6 Å². The molecule has 3 aromatic rings. The van der Waals surface area contributed by atoms with Crippen LogP contribution in [0.4, 0.5) is 5.69 Å². The molecule has 0 atom stereocenters. The number of carbonyl (C=O) groups is 2. The van der Waals surface area contributed by atoms with Gasteiger partial charge in [-0.2, -0.15) is 0 Å². The number of fused-ring (bicyclic) bond motifs is 2. The first-order chi connectivity index (χ1) is 15.7. The van der Waals surface area contributed by atoms with Gasteiger partial charge in [0.05, 0.1) is 6.54 Å². The number of rotatable bonds is 4. The number of nitrogens with one attached hydrogen (secondary N) is 1. The van der Waals surface area contributed by atoms with Crippen molar-refractivity contribution in [3.8, 4) is 11.5 Å². The van der Waals surface area contributed by atoms with Crippen molar-refractivity contribution in [3.63, 3.8) is 0 Å². The number of carbonyl (C=O) groups excluding carboxylic acids is 2. The Morgan fingerprint density at radius 2 is 1.59 bits per heavy atom. The minimum atomic E-state index is -0.0875. The molecule has 0 spiro atoms. The fourth-order valence-electron chi connectivity index (χ4n) is 4.22. The first-order valence-electron chi connectivity index (χ1n) is 10.9. The number of anilines is 1. The quantitative estimate of drug-likeness (QED) is 0.688. The van der Waals surface area contributed by atoms with Gasteiger partial charge in [0.15, 0.2) is 11.5 Å². The van der Waals surface area contributed by atoms with E-state index in [-0.39, 0.29) is 18.4 Å². The fraction of sp³-hybridized carbons (Fsp3) is 0.280. The summed E-state index contributed by atoms with van der Waals surface area (Å²) in [7, 11) is 0. The molecule has 32 heavy (non-hydrogen) atoms. The van der Waals surface area contributed by atoms with Gasteiger partial charge in [-0.05, 0) is 29.0 Å². The van der Waals surface area contributed by atoms with Crippen LogP contribution in [0, 0.1) is 0 Å². The summed E-state index contributed by atoms with van der Waals surface area (Å²) in [6.07, 6.45) is 0. The number of benzene rings is 3. The van der Waals surface area contributed by atoms with Crippen LogP contribution in [0.5, 0.6) is 11.5 Å². The molecule has 7 nitrogen and oxygen atoms in total. The molecule has 0 saturated carbocycles. The Bertz CT molecular complexity index is 1150. The van der Waals surface area contributed by atoms with Gasteiger partial charge in [-0.25, -0.2) is 0 Å². The Morgan fingerprint density at radius 3 is 2.44 bits per heavy atom. The molecule has 2 amide bonds. The van der Waals surface area contributed by atoms with Gasteiger partial charge in [-0.1, -0.05) is 36.4 Å². The van der Waals surface area contributed by atoms with Crippen molar-refractivity contribution in [2.45, 2.75) is 0 Å². The molecule has 164 valence electrons. The van der Waals surface area contributed by atoms with Crippen molar-refractivity contribution in [1.82, 2.24) is 9.80 Å². The van der Waals surface area contributed by atoms with Crippen molar-refractivity contribution in [2.24, 2.45) is 0 Å². The van der Waals surface area contributed by atoms with Crippen LogP contribution in [0.15, 0.2) is 60.7 Å². The summed E-state index contributed by atoms with van der Waals surface area (Å²) in [6, 6.07) is 19.2. The lowest BCUT2D eigenvalue weighted by atomic mass is 10.0. The Hall–Kier alpha value is -3.58.